The zero-order valence-electron chi connectivity index (χ0n) is 12.2. The maximum absolute atomic E-state index is 10.5. The number of aliphatic carboxylic acids is 1. The van der Waals surface area contributed by atoms with Crippen molar-refractivity contribution >= 4 is 29.1 Å². The lowest BCUT2D eigenvalue weighted by molar-refractivity contribution is -0.131. The van der Waals surface area contributed by atoms with Crippen LogP contribution in [0.25, 0.3) is 6.08 Å². The monoisotopic (exact) mass is 301 g/mol. The number of hydrogen-bond acceptors (Lipinski definition) is 3. The number of anilines is 1. The van der Waals surface area contributed by atoms with Gasteiger partial charge >= 0.3 is 5.97 Å². The number of hydrogen-bond donors (Lipinski definition) is 1. The van der Waals surface area contributed by atoms with Crippen LogP contribution in [0, 0.1) is 6.92 Å². The molecule has 110 valence electrons. The molecule has 1 N–H and O–H groups in total. The van der Waals surface area contributed by atoms with Crippen molar-refractivity contribution in [2.45, 2.75) is 20.4 Å². The third-order valence-corrected chi connectivity index (χ3v) is 4.16. The van der Waals surface area contributed by atoms with Crippen molar-refractivity contribution in [3.8, 4) is 0 Å². The lowest BCUT2D eigenvalue weighted by atomic mass is 10.2. The van der Waals surface area contributed by atoms with Gasteiger partial charge in [0, 0.05) is 23.2 Å². The largest absolute Gasteiger partial charge is 0.478 e. The first-order valence-electron chi connectivity index (χ1n) is 6.88. The SMILES string of the molecule is CCN(Cc1cc(C=CC(=O)O)cs1)c1ccc(C)cc1. The van der Waals surface area contributed by atoms with Gasteiger partial charge in [0.2, 0.25) is 0 Å². The lowest BCUT2D eigenvalue weighted by Crippen LogP contribution is -2.21. The van der Waals surface area contributed by atoms with Crippen LogP contribution in [0.4, 0.5) is 5.69 Å². The number of carboxylic acid groups (broad SMARTS) is 1. The molecule has 0 unspecified atom stereocenters. The number of nitrogens with zero attached hydrogens (tertiary/aromatic N) is 1. The number of benzene rings is 1. The van der Waals surface area contributed by atoms with Gasteiger partial charge < -0.3 is 10.0 Å². The van der Waals surface area contributed by atoms with Crippen LogP contribution < -0.4 is 4.90 Å². The first-order valence-corrected chi connectivity index (χ1v) is 7.76. The van der Waals surface area contributed by atoms with Gasteiger partial charge in [0.05, 0.1) is 6.54 Å². The van der Waals surface area contributed by atoms with E-state index in [1.807, 2.05) is 11.4 Å². The molecule has 2 rings (SSSR count). The molecule has 0 aliphatic heterocycles. The molecule has 0 aliphatic rings. The molecule has 0 saturated carbocycles. The van der Waals surface area contributed by atoms with E-state index in [0.29, 0.717) is 0 Å². The quantitative estimate of drug-likeness (QED) is 0.814. The van der Waals surface area contributed by atoms with Gasteiger partial charge in [0.15, 0.2) is 0 Å². The van der Waals surface area contributed by atoms with Crippen LogP contribution in [0.5, 0.6) is 0 Å². The van der Waals surface area contributed by atoms with E-state index in [-0.39, 0.29) is 0 Å². The van der Waals surface area contributed by atoms with E-state index in [1.54, 1.807) is 17.4 Å². The molecule has 0 spiro atoms. The molecule has 1 aromatic carbocycles. The van der Waals surface area contributed by atoms with Crippen LogP contribution in [-0.2, 0) is 11.3 Å². The molecule has 3 nitrogen and oxygen atoms in total. The molecule has 0 amide bonds. The Balaban J connectivity index is 2.08. The number of carboxylic acids is 1. The zero-order chi connectivity index (χ0) is 15.2. The summed E-state index contributed by atoms with van der Waals surface area (Å²) in [6, 6.07) is 10.6. The molecule has 0 radical (unpaired) electrons. The zero-order valence-corrected chi connectivity index (χ0v) is 13.1. The Kier molecular flexibility index (Phi) is 5.17. The van der Waals surface area contributed by atoms with Crippen molar-refractivity contribution < 1.29 is 9.90 Å². The summed E-state index contributed by atoms with van der Waals surface area (Å²) in [6.45, 7) is 5.99. The van der Waals surface area contributed by atoms with E-state index in [1.165, 1.54) is 22.2 Å². The second kappa shape index (κ2) is 7.09. The van der Waals surface area contributed by atoms with Crippen LogP contribution in [0.15, 0.2) is 41.8 Å². The topological polar surface area (TPSA) is 40.5 Å². The van der Waals surface area contributed by atoms with Gasteiger partial charge in [-0.2, -0.15) is 0 Å². The summed E-state index contributed by atoms with van der Waals surface area (Å²) < 4.78 is 0. The third kappa shape index (κ3) is 4.46. The summed E-state index contributed by atoms with van der Waals surface area (Å²) in [4.78, 5) is 14.1. The normalized spacial score (nSPS) is 11.0. The van der Waals surface area contributed by atoms with Gasteiger partial charge in [-0.25, -0.2) is 4.79 Å². The van der Waals surface area contributed by atoms with Crippen LogP contribution >= 0.6 is 11.3 Å². The van der Waals surface area contributed by atoms with Crippen LogP contribution in [0.3, 0.4) is 0 Å². The summed E-state index contributed by atoms with van der Waals surface area (Å²) in [6.07, 6.45) is 2.80. The van der Waals surface area contributed by atoms with Crippen LogP contribution in [-0.4, -0.2) is 17.6 Å². The van der Waals surface area contributed by atoms with Crippen molar-refractivity contribution in [3.63, 3.8) is 0 Å². The minimum atomic E-state index is -0.919. The highest BCUT2D eigenvalue weighted by atomic mass is 32.1. The van der Waals surface area contributed by atoms with Gasteiger partial charge in [-0.3, -0.25) is 0 Å². The maximum Gasteiger partial charge on any atom is 0.328 e. The predicted molar refractivity (Wildman–Crippen MR) is 88.9 cm³/mol. The molecule has 21 heavy (non-hydrogen) atoms. The lowest BCUT2D eigenvalue weighted by Gasteiger charge is -2.22. The number of aryl methyl sites for hydroxylation is 1. The van der Waals surface area contributed by atoms with E-state index < -0.39 is 5.97 Å². The fraction of sp³-hybridized carbons (Fsp3) is 0.235. The Morgan fingerprint density at radius 3 is 2.67 bits per heavy atom. The molecule has 0 saturated heterocycles. The summed E-state index contributed by atoms with van der Waals surface area (Å²) >= 11 is 1.66. The molecular weight excluding hydrogens is 282 g/mol. The van der Waals surface area contributed by atoms with Gasteiger partial charge in [-0.15, -0.1) is 11.3 Å². The second-order valence-electron chi connectivity index (χ2n) is 4.87. The van der Waals surface area contributed by atoms with Gasteiger partial charge in [0.1, 0.15) is 0 Å². The van der Waals surface area contributed by atoms with Crippen molar-refractivity contribution in [2.75, 3.05) is 11.4 Å². The smallest absolute Gasteiger partial charge is 0.328 e. The minimum absolute atomic E-state index is 0.838. The van der Waals surface area contributed by atoms with Crippen molar-refractivity contribution in [1.82, 2.24) is 0 Å². The van der Waals surface area contributed by atoms with E-state index in [2.05, 4.69) is 43.0 Å². The Morgan fingerprint density at radius 2 is 2.05 bits per heavy atom. The molecule has 0 atom stereocenters. The third-order valence-electron chi connectivity index (χ3n) is 3.22. The molecule has 0 fully saturated rings. The highest BCUT2D eigenvalue weighted by Crippen LogP contribution is 2.22. The van der Waals surface area contributed by atoms with E-state index in [9.17, 15) is 4.79 Å². The first kappa shape index (κ1) is 15.3. The highest BCUT2D eigenvalue weighted by molar-refractivity contribution is 7.10. The second-order valence-corrected chi connectivity index (χ2v) is 5.86. The maximum atomic E-state index is 10.5. The predicted octanol–water partition coefficient (Wildman–Crippen LogP) is 4.18. The molecule has 4 heteroatoms. The average molecular weight is 301 g/mol. The number of carbonyl (C=O) groups is 1. The van der Waals surface area contributed by atoms with Crippen molar-refractivity contribution in [2.24, 2.45) is 0 Å². The molecule has 1 aromatic heterocycles. The fourth-order valence-corrected chi connectivity index (χ4v) is 2.93. The van der Waals surface area contributed by atoms with Gasteiger partial charge in [-0.1, -0.05) is 17.7 Å². The van der Waals surface area contributed by atoms with Crippen LogP contribution in [0.2, 0.25) is 0 Å². The minimum Gasteiger partial charge on any atom is -0.478 e. The molecule has 1 heterocycles. The molecular formula is C17H19NO2S. The summed E-state index contributed by atoms with van der Waals surface area (Å²) in [5.41, 5.74) is 3.41. The highest BCUT2D eigenvalue weighted by Gasteiger charge is 2.07. The standard InChI is InChI=1S/C17H19NO2S/c1-3-18(15-7-4-13(2)5-8-15)11-16-10-14(12-21-16)6-9-17(19)20/h4-10,12H,3,11H2,1-2H3,(H,19,20). The summed E-state index contributed by atoms with van der Waals surface area (Å²) in [5, 5.41) is 10.6. The summed E-state index contributed by atoms with van der Waals surface area (Å²) in [7, 11) is 0. The number of thiophene rings is 1. The van der Waals surface area contributed by atoms with Crippen LogP contribution in [0.1, 0.15) is 22.9 Å². The van der Waals surface area contributed by atoms with Crippen molar-refractivity contribution in [1.29, 1.82) is 0 Å². The molecule has 0 bridgehead atoms. The fourth-order valence-electron chi connectivity index (χ4n) is 2.06. The first-order chi connectivity index (χ1) is 10.1. The summed E-state index contributed by atoms with van der Waals surface area (Å²) in [5.74, 6) is -0.919. The van der Waals surface area contributed by atoms with Crippen molar-refractivity contribution in [3.05, 3.63) is 57.8 Å². The Hall–Kier alpha value is -2.07. The number of rotatable bonds is 6. The molecule has 0 aliphatic carbocycles. The van der Waals surface area contributed by atoms with Gasteiger partial charge in [0.25, 0.3) is 0 Å². The van der Waals surface area contributed by atoms with E-state index in [0.717, 1.165) is 18.7 Å². The van der Waals surface area contributed by atoms with E-state index in [4.69, 9.17) is 5.11 Å². The average Bonchev–Trinajstić information content (AvgIpc) is 2.91. The van der Waals surface area contributed by atoms with Gasteiger partial charge in [-0.05, 0) is 49.1 Å². The Morgan fingerprint density at radius 1 is 1.33 bits per heavy atom. The van der Waals surface area contributed by atoms with E-state index >= 15 is 0 Å². The molecule has 2 aromatic rings. The Bertz CT molecular complexity index is 628. The Labute approximate surface area is 129 Å².